The van der Waals surface area contributed by atoms with E-state index in [2.05, 4.69) is 33.2 Å². The van der Waals surface area contributed by atoms with Crippen LogP contribution in [-0.4, -0.2) is 31.8 Å². The number of hydrogen-bond acceptors (Lipinski definition) is 5. The molecular weight excluding hydrogens is 412 g/mol. The number of aromatic nitrogens is 1. The molecule has 1 aromatic heterocycles. The molecule has 7 heteroatoms. The van der Waals surface area contributed by atoms with Crippen molar-refractivity contribution in [3.63, 3.8) is 0 Å². The van der Waals surface area contributed by atoms with Gasteiger partial charge in [-0.15, -0.1) is 0 Å². The minimum Gasteiger partial charge on any atom is -0.497 e. The number of halogens is 1. The number of likely N-dealkylation sites (N-methyl/N-ethyl adjacent to an activating group) is 1. The Morgan fingerprint density at radius 1 is 1.16 bits per heavy atom. The summed E-state index contributed by atoms with van der Waals surface area (Å²) in [6.45, 7) is 1.39. The second kappa shape index (κ2) is 8.42. The van der Waals surface area contributed by atoms with Crippen LogP contribution in [0, 0.1) is 5.92 Å². The van der Waals surface area contributed by atoms with Crippen molar-refractivity contribution >= 4 is 29.1 Å². The number of anilines is 1. The number of H-pyrrole nitrogens is 1. The highest BCUT2D eigenvalue weighted by Crippen LogP contribution is 2.38. The van der Waals surface area contributed by atoms with Crippen LogP contribution in [0.15, 0.2) is 45.6 Å². The first kappa shape index (κ1) is 20.2. The van der Waals surface area contributed by atoms with E-state index in [9.17, 15) is 0 Å². The molecule has 1 saturated carbocycles. The molecular formula is C24H27ClN4O2. The molecule has 5 rings (SSSR count). The Bertz CT molecular complexity index is 1160. The summed E-state index contributed by atoms with van der Waals surface area (Å²) in [5, 5.41) is 11.4. The molecule has 6 nitrogen and oxygen atoms in total. The number of nitrogens with zero attached hydrogens (tertiary/aromatic N) is 3. The molecule has 31 heavy (non-hydrogen) atoms. The number of azo groups is 1. The first-order valence-corrected chi connectivity index (χ1v) is 11.2. The van der Waals surface area contributed by atoms with Crippen LogP contribution >= 0.6 is 11.6 Å². The molecule has 2 aliphatic heterocycles. The first-order chi connectivity index (χ1) is 15.1. The number of ether oxygens (including phenoxy) is 2. The van der Waals surface area contributed by atoms with Gasteiger partial charge in [0.15, 0.2) is 0 Å². The van der Waals surface area contributed by atoms with E-state index < -0.39 is 0 Å². The van der Waals surface area contributed by atoms with Gasteiger partial charge in [-0.05, 0) is 55.4 Å². The molecule has 1 N–H and O–H groups in total. The Hall–Kier alpha value is -2.73. The molecule has 0 bridgehead atoms. The summed E-state index contributed by atoms with van der Waals surface area (Å²) in [5.41, 5.74) is 3.64. The van der Waals surface area contributed by atoms with Crippen LogP contribution in [0.5, 0.6) is 11.5 Å². The van der Waals surface area contributed by atoms with Crippen LogP contribution in [0.1, 0.15) is 31.2 Å². The Labute approximate surface area is 186 Å². The van der Waals surface area contributed by atoms with Gasteiger partial charge in [0.2, 0.25) is 0 Å². The van der Waals surface area contributed by atoms with Crippen molar-refractivity contribution in [1.29, 1.82) is 0 Å². The van der Waals surface area contributed by atoms with E-state index in [0.717, 1.165) is 59.5 Å². The van der Waals surface area contributed by atoms with Gasteiger partial charge in [0.25, 0.3) is 0 Å². The van der Waals surface area contributed by atoms with Gasteiger partial charge in [0.05, 0.1) is 42.3 Å². The minimum atomic E-state index is 0.211. The van der Waals surface area contributed by atoms with E-state index >= 15 is 0 Å². The first-order valence-electron chi connectivity index (χ1n) is 10.8. The highest BCUT2D eigenvalue weighted by Gasteiger charge is 2.30. The number of nitrogens with one attached hydrogen (secondary N) is 1. The van der Waals surface area contributed by atoms with Gasteiger partial charge in [0, 0.05) is 30.3 Å². The van der Waals surface area contributed by atoms with Crippen LogP contribution in [0.3, 0.4) is 0 Å². The Morgan fingerprint density at radius 3 is 2.77 bits per heavy atom. The molecule has 0 unspecified atom stereocenters. The van der Waals surface area contributed by atoms with Crippen LogP contribution in [0.25, 0.3) is 11.8 Å². The van der Waals surface area contributed by atoms with Gasteiger partial charge >= 0.3 is 0 Å². The summed E-state index contributed by atoms with van der Waals surface area (Å²) in [5.74, 6) is 2.08. The lowest BCUT2D eigenvalue weighted by Crippen LogP contribution is -2.28. The molecule has 162 valence electrons. The lowest BCUT2D eigenvalue weighted by molar-refractivity contribution is 0.142. The smallest absolute Gasteiger partial charge is 0.123 e. The van der Waals surface area contributed by atoms with E-state index in [1.807, 2.05) is 30.5 Å². The fraction of sp³-hybridized carbons (Fsp3) is 0.417. The second-order valence-corrected chi connectivity index (χ2v) is 8.81. The molecule has 0 amide bonds. The largest absolute Gasteiger partial charge is 0.497 e. The van der Waals surface area contributed by atoms with E-state index in [1.54, 1.807) is 7.11 Å². The second-order valence-electron chi connectivity index (χ2n) is 8.40. The number of benzene rings is 1. The van der Waals surface area contributed by atoms with Gasteiger partial charge in [-0.3, -0.25) is 0 Å². The summed E-state index contributed by atoms with van der Waals surface area (Å²) in [6, 6.07) is 7.84. The predicted molar refractivity (Wildman–Crippen MR) is 123 cm³/mol. The number of fused-ring (bicyclic) bond motifs is 3. The number of allylic oxidation sites excluding steroid dienone is 1. The molecule has 1 aromatic carbocycles. The third-order valence-corrected chi connectivity index (χ3v) is 6.84. The van der Waals surface area contributed by atoms with Crippen LogP contribution in [0.4, 0.5) is 5.69 Å². The van der Waals surface area contributed by atoms with Gasteiger partial charge in [0.1, 0.15) is 11.5 Å². The number of rotatable bonds is 4. The van der Waals surface area contributed by atoms with Crippen LogP contribution in [0.2, 0.25) is 0 Å². The molecule has 0 saturated heterocycles. The van der Waals surface area contributed by atoms with Gasteiger partial charge in [-0.25, -0.2) is 0 Å². The van der Waals surface area contributed by atoms with Crippen molar-refractivity contribution in [3.8, 4) is 11.5 Å². The van der Waals surface area contributed by atoms with Gasteiger partial charge in [-0.1, -0.05) is 17.7 Å². The lowest BCUT2D eigenvalue weighted by atomic mass is 9.81. The maximum atomic E-state index is 6.85. The van der Waals surface area contributed by atoms with Crippen molar-refractivity contribution in [3.05, 3.63) is 51.6 Å². The zero-order valence-electron chi connectivity index (χ0n) is 17.9. The van der Waals surface area contributed by atoms with E-state index in [4.69, 9.17) is 21.1 Å². The van der Waals surface area contributed by atoms with Crippen molar-refractivity contribution in [2.45, 2.75) is 38.3 Å². The summed E-state index contributed by atoms with van der Waals surface area (Å²) in [6.07, 6.45) is 8.23. The third-order valence-electron chi connectivity index (χ3n) is 6.48. The van der Waals surface area contributed by atoms with Gasteiger partial charge in [-0.2, -0.15) is 10.2 Å². The topological polar surface area (TPSA) is 62.2 Å². The molecule has 0 spiro atoms. The summed E-state index contributed by atoms with van der Waals surface area (Å²) >= 11 is 6.85. The zero-order valence-corrected chi connectivity index (χ0v) is 18.7. The molecule has 0 radical (unpaired) electrons. The lowest BCUT2D eigenvalue weighted by Gasteiger charge is -2.30. The summed E-state index contributed by atoms with van der Waals surface area (Å²) < 4.78 is 11.6. The van der Waals surface area contributed by atoms with E-state index in [1.165, 1.54) is 16.8 Å². The van der Waals surface area contributed by atoms with Crippen molar-refractivity contribution in [2.75, 3.05) is 25.6 Å². The van der Waals surface area contributed by atoms with Crippen LogP contribution < -0.4 is 25.1 Å². The van der Waals surface area contributed by atoms with E-state index in [0.29, 0.717) is 12.5 Å². The SMILES string of the molecule is COc1cccc(O[C@H]2CC[C@H](C3=c4[nH]c5c(c4N(C)CC=C3Cl)CN=NC=5)CC2)c1. The quantitative estimate of drug-likeness (QED) is 0.782. The maximum absolute atomic E-state index is 6.85. The monoisotopic (exact) mass is 438 g/mol. The number of hydrogen-bond donors (Lipinski definition) is 1. The molecule has 0 atom stereocenters. The van der Waals surface area contributed by atoms with E-state index in [-0.39, 0.29) is 6.10 Å². The van der Waals surface area contributed by atoms with Crippen molar-refractivity contribution < 1.29 is 9.47 Å². The van der Waals surface area contributed by atoms with Gasteiger partial charge < -0.3 is 19.4 Å². The molecule has 3 heterocycles. The molecule has 1 aliphatic carbocycles. The average molecular weight is 439 g/mol. The molecule has 3 aliphatic rings. The average Bonchev–Trinajstić information content (AvgIpc) is 3.12. The Kier molecular flexibility index (Phi) is 5.48. The highest BCUT2D eigenvalue weighted by atomic mass is 35.5. The molecule has 1 fully saturated rings. The Balaban J connectivity index is 1.41. The summed E-state index contributed by atoms with van der Waals surface area (Å²) in [7, 11) is 3.79. The standard InChI is InChI=1S/C24H27ClN4O2/c1-29-11-10-20(25)22(23-24(29)19-13-26-27-14-21(19)28-23)15-6-8-16(9-7-15)31-18-5-3-4-17(12-18)30-2/h3-5,10,12,14-16,28H,6-9,11,13H2,1-2H3/t15-,16-. The third kappa shape index (κ3) is 3.85. The highest BCUT2D eigenvalue weighted by molar-refractivity contribution is 6.36. The van der Waals surface area contributed by atoms with Crippen LogP contribution in [-0.2, 0) is 6.54 Å². The maximum Gasteiger partial charge on any atom is 0.123 e. The fourth-order valence-electron chi connectivity index (χ4n) is 4.92. The summed E-state index contributed by atoms with van der Waals surface area (Å²) in [4.78, 5) is 5.86. The fourth-order valence-corrected chi connectivity index (χ4v) is 5.24. The molecule has 2 aromatic rings. The normalized spacial score (nSPS) is 22.7. The van der Waals surface area contributed by atoms with Crippen molar-refractivity contribution in [1.82, 2.24) is 4.98 Å². The zero-order chi connectivity index (χ0) is 21.4. The number of aromatic amines is 1. The minimum absolute atomic E-state index is 0.211. The number of methoxy groups -OCH3 is 1. The predicted octanol–water partition coefficient (Wildman–Crippen LogP) is 4.09. The Morgan fingerprint density at radius 2 is 1.97 bits per heavy atom. The van der Waals surface area contributed by atoms with Crippen molar-refractivity contribution in [2.24, 2.45) is 16.1 Å².